The standard InChI is InChI=1S/C16H23N3O2/c1-12(19-15(21)16(17)9-5-6-10-16)14(20)18-11-13-7-3-2-4-8-13/h2-4,7-8,12H,5-6,9-11,17H2,1H3,(H,18,20)(H,19,21). The zero-order chi connectivity index (χ0) is 15.3. The van der Waals surface area contributed by atoms with Crippen molar-refractivity contribution < 1.29 is 9.59 Å². The molecular formula is C16H23N3O2. The predicted molar refractivity (Wildman–Crippen MR) is 81.3 cm³/mol. The maximum atomic E-state index is 12.1. The van der Waals surface area contributed by atoms with Crippen LogP contribution in [0.3, 0.4) is 0 Å². The Labute approximate surface area is 125 Å². The second-order valence-corrected chi connectivity index (χ2v) is 5.76. The van der Waals surface area contributed by atoms with Gasteiger partial charge in [-0.25, -0.2) is 0 Å². The van der Waals surface area contributed by atoms with E-state index in [1.807, 2.05) is 30.3 Å². The van der Waals surface area contributed by atoms with E-state index in [-0.39, 0.29) is 11.8 Å². The Balaban J connectivity index is 1.81. The third-order valence-electron chi connectivity index (χ3n) is 4.00. The van der Waals surface area contributed by atoms with Crippen molar-refractivity contribution in [2.24, 2.45) is 5.73 Å². The molecule has 0 aliphatic heterocycles. The first-order valence-corrected chi connectivity index (χ1v) is 7.43. The molecule has 2 amide bonds. The van der Waals surface area contributed by atoms with Gasteiger partial charge in [0, 0.05) is 6.54 Å². The quantitative estimate of drug-likeness (QED) is 0.758. The van der Waals surface area contributed by atoms with Crippen LogP contribution in [-0.4, -0.2) is 23.4 Å². The maximum absolute atomic E-state index is 12.1. The van der Waals surface area contributed by atoms with Crippen LogP contribution in [-0.2, 0) is 16.1 Å². The van der Waals surface area contributed by atoms with Crippen LogP contribution in [0.2, 0.25) is 0 Å². The molecule has 1 aliphatic rings. The van der Waals surface area contributed by atoms with E-state index in [0.29, 0.717) is 19.4 Å². The van der Waals surface area contributed by atoms with Gasteiger partial charge < -0.3 is 16.4 Å². The summed E-state index contributed by atoms with van der Waals surface area (Å²) in [5.74, 6) is -0.420. The maximum Gasteiger partial charge on any atom is 0.242 e. The van der Waals surface area contributed by atoms with Crippen LogP contribution in [0.4, 0.5) is 0 Å². The van der Waals surface area contributed by atoms with Gasteiger partial charge in [0.2, 0.25) is 11.8 Å². The van der Waals surface area contributed by atoms with Gasteiger partial charge in [-0.2, -0.15) is 0 Å². The first-order valence-electron chi connectivity index (χ1n) is 7.43. The van der Waals surface area contributed by atoms with E-state index < -0.39 is 11.6 Å². The SMILES string of the molecule is CC(NC(=O)C1(N)CCCC1)C(=O)NCc1ccccc1. The topological polar surface area (TPSA) is 84.2 Å². The average molecular weight is 289 g/mol. The van der Waals surface area contributed by atoms with Gasteiger partial charge in [-0.1, -0.05) is 43.2 Å². The van der Waals surface area contributed by atoms with Crippen LogP contribution in [0, 0.1) is 0 Å². The van der Waals surface area contributed by atoms with Gasteiger partial charge in [0.05, 0.1) is 5.54 Å². The number of carbonyl (C=O) groups is 2. The minimum absolute atomic E-state index is 0.200. The summed E-state index contributed by atoms with van der Waals surface area (Å²) in [6.45, 7) is 2.13. The molecule has 0 bridgehead atoms. The van der Waals surface area contributed by atoms with E-state index in [1.165, 1.54) is 0 Å². The Bertz CT molecular complexity index is 496. The number of rotatable bonds is 5. The van der Waals surface area contributed by atoms with Crippen LogP contribution in [0.15, 0.2) is 30.3 Å². The Morgan fingerprint density at radius 1 is 1.24 bits per heavy atom. The zero-order valence-electron chi connectivity index (χ0n) is 12.4. The molecule has 114 valence electrons. The van der Waals surface area contributed by atoms with E-state index in [1.54, 1.807) is 6.92 Å². The predicted octanol–water partition coefficient (Wildman–Crippen LogP) is 1.08. The summed E-state index contributed by atoms with van der Waals surface area (Å²) in [5, 5.41) is 5.54. The van der Waals surface area contributed by atoms with Gasteiger partial charge in [-0.05, 0) is 25.3 Å². The number of hydrogen-bond donors (Lipinski definition) is 3. The number of carbonyl (C=O) groups excluding carboxylic acids is 2. The summed E-state index contributed by atoms with van der Waals surface area (Å²) in [4.78, 5) is 24.1. The summed E-state index contributed by atoms with van der Waals surface area (Å²) in [7, 11) is 0. The third-order valence-corrected chi connectivity index (χ3v) is 4.00. The molecule has 21 heavy (non-hydrogen) atoms. The molecule has 4 N–H and O–H groups in total. The zero-order valence-corrected chi connectivity index (χ0v) is 12.4. The third kappa shape index (κ3) is 4.04. The number of benzene rings is 1. The van der Waals surface area contributed by atoms with E-state index in [4.69, 9.17) is 5.73 Å². The first-order chi connectivity index (χ1) is 10.0. The number of hydrogen-bond acceptors (Lipinski definition) is 3. The van der Waals surface area contributed by atoms with Crippen LogP contribution >= 0.6 is 0 Å². The van der Waals surface area contributed by atoms with Gasteiger partial charge >= 0.3 is 0 Å². The fourth-order valence-corrected chi connectivity index (χ4v) is 2.58. The largest absolute Gasteiger partial charge is 0.350 e. The highest BCUT2D eigenvalue weighted by Gasteiger charge is 2.37. The summed E-state index contributed by atoms with van der Waals surface area (Å²) in [6.07, 6.45) is 3.32. The molecule has 1 unspecified atom stereocenters. The monoisotopic (exact) mass is 289 g/mol. The molecule has 5 nitrogen and oxygen atoms in total. The van der Waals surface area contributed by atoms with Crippen molar-refractivity contribution in [2.75, 3.05) is 0 Å². The lowest BCUT2D eigenvalue weighted by Gasteiger charge is -2.24. The van der Waals surface area contributed by atoms with Crippen molar-refractivity contribution in [3.05, 3.63) is 35.9 Å². The van der Waals surface area contributed by atoms with Gasteiger partial charge in [0.25, 0.3) is 0 Å². The molecule has 1 aliphatic carbocycles. The van der Waals surface area contributed by atoms with Gasteiger partial charge in [-0.3, -0.25) is 9.59 Å². The highest BCUT2D eigenvalue weighted by atomic mass is 16.2. The van der Waals surface area contributed by atoms with Crippen LogP contribution in [0.5, 0.6) is 0 Å². The summed E-state index contributed by atoms with van der Waals surface area (Å²) < 4.78 is 0. The molecular weight excluding hydrogens is 266 g/mol. The molecule has 0 saturated heterocycles. The van der Waals surface area contributed by atoms with Crippen molar-refractivity contribution >= 4 is 11.8 Å². The number of amides is 2. The molecule has 1 atom stereocenters. The van der Waals surface area contributed by atoms with Crippen molar-refractivity contribution in [1.82, 2.24) is 10.6 Å². The normalized spacial score (nSPS) is 18.0. The lowest BCUT2D eigenvalue weighted by Crippen LogP contribution is -2.56. The first kappa shape index (κ1) is 15.5. The van der Waals surface area contributed by atoms with Crippen molar-refractivity contribution in [2.45, 2.75) is 50.7 Å². The average Bonchev–Trinajstić information content (AvgIpc) is 2.94. The molecule has 1 aromatic carbocycles. The molecule has 0 heterocycles. The van der Waals surface area contributed by atoms with Crippen molar-refractivity contribution in [1.29, 1.82) is 0 Å². The smallest absolute Gasteiger partial charge is 0.242 e. The lowest BCUT2D eigenvalue weighted by molar-refractivity contribution is -0.131. The molecule has 1 aromatic rings. The summed E-state index contributed by atoms with van der Waals surface area (Å²) in [5.41, 5.74) is 6.30. The fourth-order valence-electron chi connectivity index (χ4n) is 2.58. The van der Waals surface area contributed by atoms with E-state index in [0.717, 1.165) is 18.4 Å². The lowest BCUT2D eigenvalue weighted by atomic mass is 9.97. The molecule has 0 aromatic heterocycles. The van der Waals surface area contributed by atoms with Crippen LogP contribution in [0.25, 0.3) is 0 Å². The Hall–Kier alpha value is -1.88. The van der Waals surface area contributed by atoms with E-state index >= 15 is 0 Å². The second kappa shape index (κ2) is 6.72. The molecule has 5 heteroatoms. The second-order valence-electron chi connectivity index (χ2n) is 5.76. The van der Waals surface area contributed by atoms with Gasteiger partial charge in [0.15, 0.2) is 0 Å². The minimum atomic E-state index is -0.798. The number of nitrogens with one attached hydrogen (secondary N) is 2. The van der Waals surface area contributed by atoms with Crippen molar-refractivity contribution in [3.63, 3.8) is 0 Å². The molecule has 0 radical (unpaired) electrons. The van der Waals surface area contributed by atoms with Crippen LogP contribution < -0.4 is 16.4 Å². The summed E-state index contributed by atoms with van der Waals surface area (Å²) in [6, 6.07) is 9.07. The Morgan fingerprint density at radius 3 is 2.48 bits per heavy atom. The van der Waals surface area contributed by atoms with E-state index in [2.05, 4.69) is 10.6 Å². The Kier molecular flexibility index (Phi) is 4.96. The number of nitrogens with two attached hydrogens (primary N) is 1. The van der Waals surface area contributed by atoms with Gasteiger partial charge in [0.1, 0.15) is 6.04 Å². The van der Waals surface area contributed by atoms with Crippen LogP contribution in [0.1, 0.15) is 38.2 Å². The molecule has 2 rings (SSSR count). The molecule has 1 fully saturated rings. The van der Waals surface area contributed by atoms with Gasteiger partial charge in [-0.15, -0.1) is 0 Å². The highest BCUT2D eigenvalue weighted by molar-refractivity contribution is 5.91. The van der Waals surface area contributed by atoms with Crippen molar-refractivity contribution in [3.8, 4) is 0 Å². The van der Waals surface area contributed by atoms with E-state index in [9.17, 15) is 9.59 Å². The fraction of sp³-hybridized carbons (Fsp3) is 0.500. The highest BCUT2D eigenvalue weighted by Crippen LogP contribution is 2.27. The minimum Gasteiger partial charge on any atom is -0.350 e. The summed E-state index contributed by atoms with van der Waals surface area (Å²) >= 11 is 0. The molecule has 1 saturated carbocycles. The molecule has 0 spiro atoms. The Morgan fingerprint density at radius 2 is 1.86 bits per heavy atom.